The molecule has 1 saturated heterocycles. The van der Waals surface area contributed by atoms with Gasteiger partial charge in [0, 0.05) is 19.0 Å². The number of hydrogen-bond acceptors (Lipinski definition) is 2. The van der Waals surface area contributed by atoms with Crippen LogP contribution in [0, 0.1) is 11.8 Å². The van der Waals surface area contributed by atoms with Crippen LogP contribution >= 0.6 is 12.4 Å². The van der Waals surface area contributed by atoms with E-state index in [1.54, 1.807) is 0 Å². The van der Waals surface area contributed by atoms with E-state index in [0.717, 1.165) is 32.5 Å². The first-order valence-electron chi connectivity index (χ1n) is 6.74. The van der Waals surface area contributed by atoms with Crippen molar-refractivity contribution in [3.05, 3.63) is 0 Å². The molecule has 100 valence electrons. The second kappa shape index (κ2) is 7.22. The summed E-state index contributed by atoms with van der Waals surface area (Å²) in [7, 11) is 2.00. The molecule has 0 radical (unpaired) electrons. The molecule has 1 aliphatic heterocycles. The topological polar surface area (TPSA) is 32.3 Å². The van der Waals surface area contributed by atoms with Gasteiger partial charge in [0.05, 0.1) is 0 Å². The third-order valence-electron chi connectivity index (χ3n) is 4.03. The average Bonchev–Trinajstić information content (AvgIpc) is 2.82. The van der Waals surface area contributed by atoms with Crippen LogP contribution in [-0.2, 0) is 4.79 Å². The molecular weight excluding hydrogens is 236 g/mol. The van der Waals surface area contributed by atoms with Gasteiger partial charge in [0.25, 0.3) is 0 Å². The number of carbonyl (C=O) groups is 1. The number of nitrogens with zero attached hydrogens (tertiary/aromatic N) is 1. The van der Waals surface area contributed by atoms with Crippen molar-refractivity contribution >= 4 is 18.3 Å². The van der Waals surface area contributed by atoms with Gasteiger partial charge in [-0.3, -0.25) is 4.79 Å². The van der Waals surface area contributed by atoms with E-state index >= 15 is 0 Å². The Morgan fingerprint density at radius 2 is 1.94 bits per heavy atom. The predicted octanol–water partition coefficient (Wildman–Crippen LogP) is 2.06. The molecule has 17 heavy (non-hydrogen) atoms. The minimum absolute atomic E-state index is 0. The van der Waals surface area contributed by atoms with Gasteiger partial charge in [0.15, 0.2) is 0 Å². The monoisotopic (exact) mass is 260 g/mol. The van der Waals surface area contributed by atoms with E-state index in [0.29, 0.717) is 17.7 Å². The normalized spacial score (nSPS) is 25.7. The number of likely N-dealkylation sites (tertiary alicyclic amines) is 1. The highest BCUT2D eigenvalue weighted by atomic mass is 35.5. The van der Waals surface area contributed by atoms with Crippen molar-refractivity contribution in [1.29, 1.82) is 0 Å². The third kappa shape index (κ3) is 3.85. The summed E-state index contributed by atoms with van der Waals surface area (Å²) >= 11 is 0. The molecular formula is C13H25ClN2O. The third-order valence-corrected chi connectivity index (χ3v) is 4.03. The van der Waals surface area contributed by atoms with Gasteiger partial charge in [-0.2, -0.15) is 0 Å². The Bertz CT molecular complexity index is 240. The van der Waals surface area contributed by atoms with E-state index in [1.807, 2.05) is 7.05 Å². The van der Waals surface area contributed by atoms with Gasteiger partial charge in [-0.15, -0.1) is 12.4 Å². The molecule has 1 heterocycles. The fourth-order valence-electron chi connectivity index (χ4n) is 3.15. The van der Waals surface area contributed by atoms with E-state index in [4.69, 9.17) is 0 Å². The maximum Gasteiger partial charge on any atom is 0.225 e. The van der Waals surface area contributed by atoms with Crippen molar-refractivity contribution in [3.63, 3.8) is 0 Å². The van der Waals surface area contributed by atoms with Gasteiger partial charge >= 0.3 is 0 Å². The van der Waals surface area contributed by atoms with Crippen molar-refractivity contribution in [2.45, 2.75) is 38.5 Å². The van der Waals surface area contributed by atoms with Crippen molar-refractivity contribution < 1.29 is 4.79 Å². The summed E-state index contributed by atoms with van der Waals surface area (Å²) in [6, 6.07) is 0. The number of rotatable bonds is 3. The summed E-state index contributed by atoms with van der Waals surface area (Å²) in [6.07, 6.45) is 7.23. The van der Waals surface area contributed by atoms with Crippen LogP contribution in [0.25, 0.3) is 0 Å². The summed E-state index contributed by atoms with van der Waals surface area (Å²) in [5.74, 6) is 1.47. The van der Waals surface area contributed by atoms with Crippen LogP contribution in [0.5, 0.6) is 0 Å². The molecule has 0 bridgehead atoms. The Labute approximate surface area is 111 Å². The van der Waals surface area contributed by atoms with Gasteiger partial charge in [-0.1, -0.05) is 12.8 Å². The minimum atomic E-state index is 0. The van der Waals surface area contributed by atoms with E-state index in [1.165, 1.54) is 25.7 Å². The molecule has 0 aromatic heterocycles. The first kappa shape index (κ1) is 14.8. The molecule has 1 aliphatic carbocycles. The van der Waals surface area contributed by atoms with Crippen LogP contribution in [0.4, 0.5) is 0 Å². The Morgan fingerprint density at radius 1 is 1.24 bits per heavy atom. The summed E-state index contributed by atoms with van der Waals surface area (Å²) in [5, 5.41) is 3.23. The van der Waals surface area contributed by atoms with E-state index < -0.39 is 0 Å². The number of hydrogen-bond donors (Lipinski definition) is 1. The Kier molecular flexibility index (Phi) is 6.28. The predicted molar refractivity (Wildman–Crippen MR) is 72.4 cm³/mol. The zero-order valence-corrected chi connectivity index (χ0v) is 11.6. The largest absolute Gasteiger partial charge is 0.342 e. The van der Waals surface area contributed by atoms with Gasteiger partial charge in [-0.25, -0.2) is 0 Å². The summed E-state index contributed by atoms with van der Waals surface area (Å²) in [5.41, 5.74) is 0. The molecule has 1 saturated carbocycles. The Balaban J connectivity index is 0.00000144. The van der Waals surface area contributed by atoms with Crippen LogP contribution in [0.3, 0.4) is 0 Å². The highest BCUT2D eigenvalue weighted by molar-refractivity contribution is 5.85. The Morgan fingerprint density at radius 3 is 2.59 bits per heavy atom. The molecule has 1 amide bonds. The van der Waals surface area contributed by atoms with Crippen molar-refractivity contribution in [3.8, 4) is 0 Å². The van der Waals surface area contributed by atoms with Crippen molar-refractivity contribution in [2.75, 3.05) is 26.7 Å². The van der Waals surface area contributed by atoms with Crippen molar-refractivity contribution in [1.82, 2.24) is 10.2 Å². The van der Waals surface area contributed by atoms with Crippen LogP contribution in [0.2, 0.25) is 0 Å². The standard InChI is InChI=1S/C13H24N2O.ClH/c1-14-9-11-5-4-8-15(10-11)13(16)12-6-2-3-7-12;/h11-12,14H,2-10H2,1H3;1H. The van der Waals surface area contributed by atoms with Gasteiger partial charge in [-0.05, 0) is 45.2 Å². The lowest BCUT2D eigenvalue weighted by atomic mass is 9.96. The van der Waals surface area contributed by atoms with Gasteiger partial charge in [0.1, 0.15) is 0 Å². The molecule has 1 N–H and O–H groups in total. The quantitative estimate of drug-likeness (QED) is 0.843. The maximum absolute atomic E-state index is 12.3. The van der Waals surface area contributed by atoms with Gasteiger partial charge in [0.2, 0.25) is 5.91 Å². The number of halogens is 1. The summed E-state index contributed by atoms with van der Waals surface area (Å²) in [6.45, 7) is 3.03. The molecule has 1 atom stereocenters. The fraction of sp³-hybridized carbons (Fsp3) is 0.923. The Hall–Kier alpha value is -0.280. The fourth-order valence-corrected chi connectivity index (χ4v) is 3.15. The van der Waals surface area contributed by atoms with Crippen LogP contribution in [-0.4, -0.2) is 37.5 Å². The first-order valence-corrected chi connectivity index (χ1v) is 6.74. The summed E-state index contributed by atoms with van der Waals surface area (Å²) in [4.78, 5) is 14.4. The summed E-state index contributed by atoms with van der Waals surface area (Å²) < 4.78 is 0. The van der Waals surface area contributed by atoms with E-state index in [-0.39, 0.29) is 12.4 Å². The molecule has 2 fully saturated rings. The second-order valence-electron chi connectivity index (χ2n) is 5.33. The molecule has 4 heteroatoms. The molecule has 2 aliphatic rings. The molecule has 0 aromatic rings. The zero-order chi connectivity index (χ0) is 11.4. The lowest BCUT2D eigenvalue weighted by molar-refractivity contribution is -0.137. The maximum atomic E-state index is 12.3. The average molecular weight is 261 g/mol. The lowest BCUT2D eigenvalue weighted by Gasteiger charge is -2.34. The lowest BCUT2D eigenvalue weighted by Crippen LogP contribution is -2.44. The minimum Gasteiger partial charge on any atom is -0.342 e. The van der Waals surface area contributed by atoms with E-state index in [9.17, 15) is 4.79 Å². The zero-order valence-electron chi connectivity index (χ0n) is 10.8. The number of nitrogens with one attached hydrogen (secondary N) is 1. The first-order chi connectivity index (χ1) is 7.81. The highest BCUT2D eigenvalue weighted by Gasteiger charge is 2.30. The van der Waals surface area contributed by atoms with Gasteiger partial charge < -0.3 is 10.2 Å². The second-order valence-corrected chi connectivity index (χ2v) is 5.33. The molecule has 0 spiro atoms. The molecule has 0 aromatic carbocycles. The van der Waals surface area contributed by atoms with Crippen LogP contribution < -0.4 is 5.32 Å². The van der Waals surface area contributed by atoms with Crippen molar-refractivity contribution in [2.24, 2.45) is 11.8 Å². The highest BCUT2D eigenvalue weighted by Crippen LogP contribution is 2.28. The number of piperidine rings is 1. The molecule has 3 nitrogen and oxygen atoms in total. The van der Waals surface area contributed by atoms with Crippen LogP contribution in [0.1, 0.15) is 38.5 Å². The van der Waals surface area contributed by atoms with E-state index in [2.05, 4.69) is 10.2 Å². The SMILES string of the molecule is CNCC1CCCN(C(=O)C2CCCC2)C1.Cl. The molecule has 1 unspecified atom stereocenters. The number of carbonyl (C=O) groups excluding carboxylic acids is 1. The van der Waals surface area contributed by atoms with Crippen LogP contribution in [0.15, 0.2) is 0 Å². The molecule has 2 rings (SSSR count). The smallest absolute Gasteiger partial charge is 0.225 e. The number of amides is 1.